The number of carbonyl (C=O) groups is 3. The summed E-state index contributed by atoms with van der Waals surface area (Å²) in [7, 11) is 1.26. The normalized spacial score (nSPS) is 17.2. The Morgan fingerprint density at radius 2 is 1.74 bits per heavy atom. The summed E-state index contributed by atoms with van der Waals surface area (Å²) < 4.78 is 9.84. The lowest BCUT2D eigenvalue weighted by Gasteiger charge is -2.23. The van der Waals surface area contributed by atoms with Crippen LogP contribution in [-0.2, 0) is 19.1 Å². The second-order valence-corrected chi connectivity index (χ2v) is 7.06. The summed E-state index contributed by atoms with van der Waals surface area (Å²) >= 11 is 0. The molecule has 1 aliphatic rings. The zero-order valence-electron chi connectivity index (χ0n) is 14.6. The van der Waals surface area contributed by atoms with Gasteiger partial charge in [-0.25, -0.2) is 9.59 Å². The fourth-order valence-corrected chi connectivity index (χ4v) is 2.76. The maximum atomic E-state index is 12.2. The molecule has 0 heterocycles. The number of hydrogen-bond donors (Lipinski definition) is 1. The molecule has 1 amide bonds. The van der Waals surface area contributed by atoms with Crippen molar-refractivity contribution in [3.63, 3.8) is 0 Å². The van der Waals surface area contributed by atoms with Crippen LogP contribution in [0, 0.1) is 5.92 Å². The molecule has 6 nitrogen and oxygen atoms in total. The molecule has 1 aliphatic carbocycles. The van der Waals surface area contributed by atoms with Gasteiger partial charge in [-0.1, -0.05) is 19.3 Å². The van der Waals surface area contributed by atoms with Crippen LogP contribution in [0.1, 0.15) is 65.7 Å². The molecule has 0 bridgehead atoms. The Labute approximate surface area is 138 Å². The van der Waals surface area contributed by atoms with E-state index in [0.29, 0.717) is 0 Å². The minimum absolute atomic E-state index is 0.101. The number of carbonyl (C=O) groups excluding carboxylic acids is 3. The Bertz CT molecular complexity index is 421. The Kier molecular flexibility index (Phi) is 7.52. The monoisotopic (exact) mass is 327 g/mol. The predicted octanol–water partition coefficient (Wildman–Crippen LogP) is 2.98. The minimum atomic E-state index is -0.859. The molecule has 6 heteroatoms. The summed E-state index contributed by atoms with van der Waals surface area (Å²) in [6.45, 7) is 5.23. The zero-order valence-corrected chi connectivity index (χ0v) is 14.6. The van der Waals surface area contributed by atoms with Gasteiger partial charge in [-0.05, 0) is 40.0 Å². The van der Waals surface area contributed by atoms with Gasteiger partial charge >= 0.3 is 12.1 Å². The van der Waals surface area contributed by atoms with E-state index in [9.17, 15) is 14.4 Å². The van der Waals surface area contributed by atoms with Crippen molar-refractivity contribution in [1.82, 2.24) is 5.32 Å². The van der Waals surface area contributed by atoms with E-state index in [4.69, 9.17) is 9.47 Å². The summed E-state index contributed by atoms with van der Waals surface area (Å²) in [4.78, 5) is 35.8. The highest BCUT2D eigenvalue weighted by Gasteiger charge is 2.27. The third-order valence-corrected chi connectivity index (χ3v) is 3.92. The molecule has 1 atom stereocenters. The number of esters is 1. The molecule has 0 unspecified atom stereocenters. The number of hydrogen-bond acceptors (Lipinski definition) is 5. The maximum Gasteiger partial charge on any atom is 0.408 e. The lowest BCUT2D eigenvalue weighted by atomic mass is 9.84. The maximum absolute atomic E-state index is 12.2. The van der Waals surface area contributed by atoms with Crippen LogP contribution in [0.15, 0.2) is 0 Å². The highest BCUT2D eigenvalue weighted by molar-refractivity contribution is 5.84. The smallest absolute Gasteiger partial charge is 0.408 e. The van der Waals surface area contributed by atoms with E-state index < -0.39 is 23.7 Å². The van der Waals surface area contributed by atoms with Crippen molar-refractivity contribution in [1.29, 1.82) is 0 Å². The number of rotatable bonds is 6. The first kappa shape index (κ1) is 19.5. The van der Waals surface area contributed by atoms with E-state index in [2.05, 4.69) is 5.32 Å². The van der Waals surface area contributed by atoms with Gasteiger partial charge in [-0.15, -0.1) is 0 Å². The number of ketones is 1. The summed E-state index contributed by atoms with van der Waals surface area (Å²) in [6.07, 6.45) is 5.05. The highest BCUT2D eigenvalue weighted by Crippen LogP contribution is 2.25. The standard InChI is InChI=1S/C17H29NO5/c1-17(2,3)23-16(21)18-13(15(20)22-4)10-11-14(19)12-8-6-5-7-9-12/h12-13H,5-11H2,1-4H3,(H,18,21)/t13-/m1/s1. The van der Waals surface area contributed by atoms with Crippen LogP contribution >= 0.6 is 0 Å². The van der Waals surface area contributed by atoms with Crippen molar-refractivity contribution in [2.75, 3.05) is 7.11 Å². The van der Waals surface area contributed by atoms with Gasteiger partial charge in [0, 0.05) is 12.3 Å². The van der Waals surface area contributed by atoms with E-state index in [0.717, 1.165) is 25.7 Å². The average Bonchev–Trinajstić information content (AvgIpc) is 2.49. The van der Waals surface area contributed by atoms with Crippen LogP contribution in [0.3, 0.4) is 0 Å². The molecule has 1 rings (SSSR count). The minimum Gasteiger partial charge on any atom is -0.467 e. The molecule has 23 heavy (non-hydrogen) atoms. The van der Waals surface area contributed by atoms with Crippen LogP contribution in [0.5, 0.6) is 0 Å². The van der Waals surface area contributed by atoms with Crippen molar-refractivity contribution in [2.24, 2.45) is 5.92 Å². The van der Waals surface area contributed by atoms with E-state index in [-0.39, 0.29) is 24.5 Å². The molecular formula is C17H29NO5. The lowest BCUT2D eigenvalue weighted by molar-refractivity contribution is -0.143. The first-order valence-electron chi connectivity index (χ1n) is 8.33. The van der Waals surface area contributed by atoms with Crippen molar-refractivity contribution >= 4 is 17.8 Å². The molecule has 0 aromatic heterocycles. The number of Topliss-reactive ketones (excluding diaryl/α,β-unsaturated/α-hetero) is 1. The molecule has 0 aromatic carbocycles. The summed E-state index contributed by atoms with van der Waals surface area (Å²) in [5, 5.41) is 2.49. The Hall–Kier alpha value is -1.59. The highest BCUT2D eigenvalue weighted by atomic mass is 16.6. The molecule has 0 aliphatic heterocycles. The second kappa shape index (κ2) is 8.89. The molecule has 0 radical (unpaired) electrons. The van der Waals surface area contributed by atoms with E-state index in [1.165, 1.54) is 13.5 Å². The van der Waals surface area contributed by atoms with Gasteiger partial charge < -0.3 is 14.8 Å². The average molecular weight is 327 g/mol. The van der Waals surface area contributed by atoms with Gasteiger partial charge in [-0.3, -0.25) is 4.79 Å². The number of amides is 1. The van der Waals surface area contributed by atoms with E-state index in [1.54, 1.807) is 20.8 Å². The summed E-state index contributed by atoms with van der Waals surface area (Å²) in [6, 6.07) is -0.859. The molecule has 1 N–H and O–H groups in total. The number of methoxy groups -OCH3 is 1. The summed E-state index contributed by atoms with van der Waals surface area (Å²) in [5.74, 6) is -0.291. The Morgan fingerprint density at radius 1 is 1.13 bits per heavy atom. The third-order valence-electron chi connectivity index (χ3n) is 3.92. The number of alkyl carbamates (subject to hydrolysis) is 1. The van der Waals surface area contributed by atoms with Gasteiger partial charge in [0.05, 0.1) is 7.11 Å². The lowest BCUT2D eigenvalue weighted by Crippen LogP contribution is -2.44. The Balaban J connectivity index is 2.52. The van der Waals surface area contributed by atoms with Crippen molar-refractivity contribution in [3.05, 3.63) is 0 Å². The van der Waals surface area contributed by atoms with E-state index in [1.807, 2.05) is 0 Å². The molecular weight excluding hydrogens is 298 g/mol. The quantitative estimate of drug-likeness (QED) is 0.758. The fraction of sp³-hybridized carbons (Fsp3) is 0.824. The van der Waals surface area contributed by atoms with Gasteiger partial charge in [0.25, 0.3) is 0 Å². The van der Waals surface area contributed by atoms with Gasteiger partial charge in [0.1, 0.15) is 17.4 Å². The molecule has 0 saturated heterocycles. The van der Waals surface area contributed by atoms with Crippen molar-refractivity contribution < 1.29 is 23.9 Å². The predicted molar refractivity (Wildman–Crippen MR) is 86.0 cm³/mol. The number of nitrogens with one attached hydrogen (secondary N) is 1. The Morgan fingerprint density at radius 3 is 2.26 bits per heavy atom. The third kappa shape index (κ3) is 7.48. The molecule has 1 fully saturated rings. The first-order valence-corrected chi connectivity index (χ1v) is 8.33. The number of ether oxygens (including phenoxy) is 2. The first-order chi connectivity index (χ1) is 10.7. The molecule has 1 saturated carbocycles. The zero-order chi connectivity index (χ0) is 17.5. The van der Waals surface area contributed by atoms with E-state index >= 15 is 0 Å². The van der Waals surface area contributed by atoms with Gasteiger partial charge in [0.2, 0.25) is 0 Å². The molecule has 132 valence electrons. The van der Waals surface area contributed by atoms with Crippen LogP contribution in [0.25, 0.3) is 0 Å². The second-order valence-electron chi connectivity index (χ2n) is 7.06. The SMILES string of the molecule is COC(=O)[C@@H](CCC(=O)C1CCCCC1)NC(=O)OC(C)(C)C. The topological polar surface area (TPSA) is 81.7 Å². The molecule has 0 spiro atoms. The largest absolute Gasteiger partial charge is 0.467 e. The van der Waals surface area contributed by atoms with Crippen LogP contribution in [-0.4, -0.2) is 36.6 Å². The van der Waals surface area contributed by atoms with Crippen molar-refractivity contribution in [3.8, 4) is 0 Å². The van der Waals surface area contributed by atoms with Gasteiger partial charge in [0.15, 0.2) is 0 Å². The van der Waals surface area contributed by atoms with Crippen LogP contribution in [0.2, 0.25) is 0 Å². The molecule has 0 aromatic rings. The van der Waals surface area contributed by atoms with Crippen LogP contribution < -0.4 is 5.32 Å². The van der Waals surface area contributed by atoms with Gasteiger partial charge in [-0.2, -0.15) is 0 Å². The van der Waals surface area contributed by atoms with Crippen molar-refractivity contribution in [2.45, 2.75) is 77.4 Å². The fourth-order valence-electron chi connectivity index (χ4n) is 2.76. The van der Waals surface area contributed by atoms with Crippen LogP contribution in [0.4, 0.5) is 4.79 Å². The summed E-state index contributed by atoms with van der Waals surface area (Å²) in [5.41, 5.74) is -0.650.